The first-order valence-corrected chi connectivity index (χ1v) is 13.4. The molecule has 0 fully saturated rings. The Balaban J connectivity index is 1.93. The summed E-state index contributed by atoms with van der Waals surface area (Å²) in [6, 6.07) is 24.2. The molecule has 4 nitrogen and oxygen atoms in total. The van der Waals surface area contributed by atoms with Crippen molar-refractivity contribution in [2.75, 3.05) is 0 Å². The van der Waals surface area contributed by atoms with E-state index < -0.39 is 22.0 Å². The number of hydrogen-bond acceptors (Lipinski definition) is 4. The number of hydrogen-bond donors (Lipinski definition) is 0. The van der Waals surface area contributed by atoms with Crippen LogP contribution in [-0.4, -0.2) is 14.2 Å². The highest BCUT2D eigenvalue weighted by Gasteiger charge is 2.32. The molecule has 3 rings (SSSR count). The lowest BCUT2D eigenvalue weighted by Gasteiger charge is -2.36. The first kappa shape index (κ1) is 26.8. The van der Waals surface area contributed by atoms with Crippen LogP contribution in [0.1, 0.15) is 81.5 Å². The molecule has 3 aromatic carbocycles. The zero-order valence-corrected chi connectivity index (χ0v) is 22.3. The maximum Gasteiger partial charge on any atom is 0.298 e. The number of Topliss-reactive ketones (excluding diaryl/α,β-unsaturated/α-hetero) is 1. The Bertz CT molecular complexity index is 1220. The molecule has 0 amide bonds. The summed E-state index contributed by atoms with van der Waals surface area (Å²) in [5, 5.41) is 0. The maximum absolute atomic E-state index is 13.3. The maximum atomic E-state index is 13.3. The van der Waals surface area contributed by atoms with E-state index in [9.17, 15) is 13.2 Å². The number of ketones is 1. The third kappa shape index (κ3) is 7.12. The van der Waals surface area contributed by atoms with Crippen molar-refractivity contribution in [3.63, 3.8) is 0 Å². The third-order valence-corrected chi connectivity index (χ3v) is 7.35. The highest BCUT2D eigenvalue weighted by Crippen LogP contribution is 2.43. The minimum absolute atomic E-state index is 0.0185. The summed E-state index contributed by atoms with van der Waals surface area (Å²) in [7, 11) is -4.19. The van der Waals surface area contributed by atoms with Gasteiger partial charge in [0.2, 0.25) is 0 Å². The molecule has 186 valence electrons. The summed E-state index contributed by atoms with van der Waals surface area (Å²) < 4.78 is 32.2. The molecule has 0 bridgehead atoms. The zero-order valence-electron chi connectivity index (χ0n) is 21.5. The largest absolute Gasteiger partial charge is 0.298 e. The summed E-state index contributed by atoms with van der Waals surface area (Å²) in [5.74, 6) is -0.146. The molecule has 3 aromatic rings. The molecule has 0 spiro atoms. The van der Waals surface area contributed by atoms with Gasteiger partial charge in [-0.3, -0.25) is 4.79 Å². The van der Waals surface area contributed by atoms with E-state index in [4.69, 9.17) is 4.18 Å². The Hall–Kier alpha value is -2.76. The summed E-state index contributed by atoms with van der Waals surface area (Å²) in [4.78, 5) is 13.3. The van der Waals surface area contributed by atoms with Crippen LogP contribution in [0.3, 0.4) is 0 Å². The van der Waals surface area contributed by atoms with Gasteiger partial charge < -0.3 is 0 Å². The zero-order chi connectivity index (χ0) is 25.9. The number of rotatable bonds is 8. The normalized spacial score (nSPS) is 14.3. The fourth-order valence-electron chi connectivity index (χ4n) is 4.22. The molecule has 35 heavy (non-hydrogen) atoms. The molecule has 0 aliphatic carbocycles. The fraction of sp³-hybridized carbons (Fsp3) is 0.367. The molecular formula is C30H36O4S. The lowest BCUT2D eigenvalue weighted by Crippen LogP contribution is -2.24. The quantitative estimate of drug-likeness (QED) is 0.240. The van der Waals surface area contributed by atoms with Crippen molar-refractivity contribution >= 4 is 15.9 Å². The van der Waals surface area contributed by atoms with Gasteiger partial charge in [-0.2, -0.15) is 8.42 Å². The van der Waals surface area contributed by atoms with Gasteiger partial charge in [0.25, 0.3) is 10.1 Å². The average molecular weight is 493 g/mol. The van der Waals surface area contributed by atoms with Crippen molar-refractivity contribution in [3.8, 4) is 0 Å². The van der Waals surface area contributed by atoms with E-state index in [0.29, 0.717) is 11.1 Å². The highest BCUT2D eigenvalue weighted by molar-refractivity contribution is 7.86. The van der Waals surface area contributed by atoms with E-state index in [1.54, 1.807) is 66.7 Å². The van der Waals surface area contributed by atoms with Gasteiger partial charge in [-0.25, -0.2) is 4.18 Å². The summed E-state index contributed by atoms with van der Waals surface area (Å²) in [6.45, 7) is 13.3. The first-order chi connectivity index (χ1) is 16.3. The molecule has 0 aliphatic heterocycles. The molecule has 5 heteroatoms. The number of benzene rings is 3. The van der Waals surface area contributed by atoms with Crippen LogP contribution >= 0.6 is 0 Å². The average Bonchev–Trinajstić information content (AvgIpc) is 2.81. The van der Waals surface area contributed by atoms with Crippen molar-refractivity contribution < 1.29 is 17.4 Å². The van der Waals surface area contributed by atoms with Crippen molar-refractivity contribution in [3.05, 3.63) is 102 Å². The second kappa shape index (κ2) is 10.5. The smallest absolute Gasteiger partial charge is 0.291 e. The van der Waals surface area contributed by atoms with Crippen LogP contribution in [0.4, 0.5) is 0 Å². The van der Waals surface area contributed by atoms with Gasteiger partial charge in [0.15, 0.2) is 11.9 Å². The van der Waals surface area contributed by atoms with Gasteiger partial charge >= 0.3 is 0 Å². The van der Waals surface area contributed by atoms with E-state index in [0.717, 1.165) is 12.0 Å². The second-order valence-electron chi connectivity index (χ2n) is 11.3. The molecular weight excluding hydrogens is 456 g/mol. The van der Waals surface area contributed by atoms with Crippen LogP contribution in [0.15, 0.2) is 89.8 Å². The van der Waals surface area contributed by atoms with E-state index in [1.807, 2.05) is 18.2 Å². The molecule has 0 N–H and O–H groups in total. The van der Waals surface area contributed by atoms with E-state index in [-0.39, 0.29) is 21.6 Å². The molecule has 0 saturated carbocycles. The topological polar surface area (TPSA) is 60.4 Å². The van der Waals surface area contributed by atoms with Crippen LogP contribution in [0.25, 0.3) is 0 Å². The summed E-state index contributed by atoms with van der Waals surface area (Å²) >= 11 is 0. The van der Waals surface area contributed by atoms with Crippen molar-refractivity contribution in [1.82, 2.24) is 0 Å². The number of carbonyl (C=O) groups is 1. The van der Waals surface area contributed by atoms with Crippen LogP contribution in [0.5, 0.6) is 0 Å². The van der Waals surface area contributed by atoms with Gasteiger partial charge in [0.05, 0.1) is 4.90 Å². The fourth-order valence-corrected chi connectivity index (χ4v) is 5.25. The summed E-state index contributed by atoms with van der Waals surface area (Å²) in [6.07, 6.45) is -0.299. The molecule has 0 aromatic heterocycles. The van der Waals surface area contributed by atoms with Gasteiger partial charge in [-0.1, -0.05) is 114 Å². The van der Waals surface area contributed by atoms with E-state index in [1.165, 1.54) is 0 Å². The van der Waals surface area contributed by atoms with Crippen LogP contribution in [-0.2, 0) is 14.3 Å². The van der Waals surface area contributed by atoms with Crippen LogP contribution in [0, 0.1) is 10.8 Å². The van der Waals surface area contributed by atoms with Gasteiger partial charge in [0, 0.05) is 5.56 Å². The van der Waals surface area contributed by atoms with Crippen LogP contribution in [0.2, 0.25) is 0 Å². The lowest BCUT2D eigenvalue weighted by molar-refractivity contribution is 0.0801. The minimum atomic E-state index is -4.19. The Labute approximate surface area is 210 Å². The Kier molecular flexibility index (Phi) is 8.03. The van der Waals surface area contributed by atoms with Crippen LogP contribution < -0.4 is 0 Å². The molecule has 2 unspecified atom stereocenters. The minimum Gasteiger partial charge on any atom is -0.291 e. The van der Waals surface area contributed by atoms with E-state index >= 15 is 0 Å². The van der Waals surface area contributed by atoms with Crippen molar-refractivity contribution in [2.45, 2.75) is 64.9 Å². The second-order valence-corrected chi connectivity index (χ2v) is 12.9. The Morgan fingerprint density at radius 3 is 1.74 bits per heavy atom. The van der Waals surface area contributed by atoms with E-state index in [2.05, 4.69) is 41.5 Å². The van der Waals surface area contributed by atoms with Gasteiger partial charge in [0.1, 0.15) is 0 Å². The first-order valence-electron chi connectivity index (χ1n) is 12.0. The van der Waals surface area contributed by atoms with Crippen molar-refractivity contribution in [2.24, 2.45) is 10.8 Å². The van der Waals surface area contributed by atoms with Crippen molar-refractivity contribution in [1.29, 1.82) is 0 Å². The SMILES string of the molecule is CC(C)(C)CC(c1ccc(S(=O)(=O)OC(C(=O)c2ccccc2)c2ccccc2)cc1)C(C)(C)C. The molecule has 0 radical (unpaired) electrons. The lowest BCUT2D eigenvalue weighted by atomic mass is 9.69. The monoisotopic (exact) mass is 492 g/mol. The standard InChI is InChI=1S/C30H36O4S/c1-29(2,3)21-26(30(4,5)6)22-17-19-25(20-18-22)35(32,33)34-28(24-15-11-8-12-16-24)27(31)23-13-9-7-10-14-23/h7-20,26,28H,21H2,1-6H3. The Morgan fingerprint density at radius 1 is 0.743 bits per heavy atom. The highest BCUT2D eigenvalue weighted by atomic mass is 32.2. The molecule has 0 heterocycles. The summed E-state index contributed by atoms with van der Waals surface area (Å²) in [5.41, 5.74) is 2.12. The predicted molar refractivity (Wildman–Crippen MR) is 141 cm³/mol. The predicted octanol–water partition coefficient (Wildman–Crippen LogP) is 7.58. The number of carbonyl (C=O) groups excluding carboxylic acids is 1. The third-order valence-electron chi connectivity index (χ3n) is 6.05. The molecule has 0 aliphatic rings. The molecule has 2 atom stereocenters. The Morgan fingerprint density at radius 2 is 1.26 bits per heavy atom. The molecule has 0 saturated heterocycles. The van der Waals surface area contributed by atoms with Gasteiger partial charge in [-0.05, 0) is 46.4 Å². The van der Waals surface area contributed by atoms with Gasteiger partial charge in [-0.15, -0.1) is 0 Å².